The van der Waals surface area contributed by atoms with Gasteiger partial charge in [0.05, 0.1) is 0 Å². The van der Waals surface area contributed by atoms with Crippen LogP contribution in [0.5, 0.6) is 0 Å². The van der Waals surface area contributed by atoms with Crippen LogP contribution in [-0.4, -0.2) is 13.0 Å². The lowest BCUT2D eigenvalue weighted by molar-refractivity contribution is -0.130. The highest BCUT2D eigenvalue weighted by Crippen LogP contribution is 2.45. The Balaban J connectivity index is 2.70. The predicted octanol–water partition coefficient (Wildman–Crippen LogP) is 2.34. The SMILES string of the molecule is CCCC1(C(=O)NC)CCC(C)C1. The Hall–Kier alpha value is -0.530. The maximum atomic E-state index is 11.8. The number of carbonyl (C=O) groups excluding carboxylic acids is 1. The molecule has 0 spiro atoms. The fourth-order valence-electron chi connectivity index (χ4n) is 2.68. The zero-order valence-electron chi connectivity index (χ0n) is 9.02. The Morgan fingerprint density at radius 3 is 2.69 bits per heavy atom. The van der Waals surface area contributed by atoms with Gasteiger partial charge in [0.15, 0.2) is 0 Å². The maximum Gasteiger partial charge on any atom is 0.225 e. The number of hydrogen-bond acceptors (Lipinski definition) is 1. The molecular formula is C11H21NO. The van der Waals surface area contributed by atoms with Crippen molar-refractivity contribution in [2.45, 2.75) is 46.0 Å². The van der Waals surface area contributed by atoms with Crippen molar-refractivity contribution in [3.05, 3.63) is 0 Å². The lowest BCUT2D eigenvalue weighted by atomic mass is 9.80. The third-order valence-corrected chi connectivity index (χ3v) is 3.29. The van der Waals surface area contributed by atoms with E-state index in [0.29, 0.717) is 0 Å². The van der Waals surface area contributed by atoms with Crippen molar-refractivity contribution in [1.82, 2.24) is 5.32 Å². The zero-order chi connectivity index (χ0) is 9.90. The molecule has 13 heavy (non-hydrogen) atoms. The molecule has 0 aromatic rings. The van der Waals surface area contributed by atoms with E-state index in [9.17, 15) is 4.79 Å². The number of amides is 1. The van der Waals surface area contributed by atoms with E-state index in [0.717, 1.165) is 31.6 Å². The smallest absolute Gasteiger partial charge is 0.225 e. The molecule has 2 unspecified atom stereocenters. The van der Waals surface area contributed by atoms with Gasteiger partial charge in [-0.3, -0.25) is 4.79 Å². The van der Waals surface area contributed by atoms with Crippen LogP contribution < -0.4 is 5.32 Å². The van der Waals surface area contributed by atoms with Gasteiger partial charge < -0.3 is 5.32 Å². The molecule has 0 bridgehead atoms. The number of hydrogen-bond donors (Lipinski definition) is 1. The average molecular weight is 183 g/mol. The van der Waals surface area contributed by atoms with Crippen LogP contribution in [0.25, 0.3) is 0 Å². The van der Waals surface area contributed by atoms with Gasteiger partial charge in [-0.05, 0) is 31.6 Å². The molecule has 76 valence electrons. The first-order valence-corrected chi connectivity index (χ1v) is 5.37. The van der Waals surface area contributed by atoms with Gasteiger partial charge in [-0.25, -0.2) is 0 Å². The van der Waals surface area contributed by atoms with E-state index in [1.54, 1.807) is 7.05 Å². The van der Waals surface area contributed by atoms with Crippen molar-refractivity contribution < 1.29 is 4.79 Å². The Kier molecular flexibility index (Phi) is 3.34. The van der Waals surface area contributed by atoms with E-state index in [4.69, 9.17) is 0 Å². The summed E-state index contributed by atoms with van der Waals surface area (Å²) in [6, 6.07) is 0. The summed E-state index contributed by atoms with van der Waals surface area (Å²) >= 11 is 0. The van der Waals surface area contributed by atoms with Gasteiger partial charge in [0.25, 0.3) is 0 Å². The number of rotatable bonds is 3. The minimum Gasteiger partial charge on any atom is -0.359 e. The van der Waals surface area contributed by atoms with E-state index in [-0.39, 0.29) is 11.3 Å². The molecule has 2 atom stereocenters. The molecule has 0 aliphatic heterocycles. The molecule has 1 aliphatic carbocycles. The summed E-state index contributed by atoms with van der Waals surface area (Å²) in [5.74, 6) is 0.988. The Bertz CT molecular complexity index is 187. The Morgan fingerprint density at radius 1 is 1.62 bits per heavy atom. The van der Waals surface area contributed by atoms with Gasteiger partial charge in [-0.2, -0.15) is 0 Å². The van der Waals surface area contributed by atoms with Gasteiger partial charge in [0, 0.05) is 12.5 Å². The zero-order valence-corrected chi connectivity index (χ0v) is 9.02. The molecule has 0 saturated heterocycles. The summed E-state index contributed by atoms with van der Waals surface area (Å²) in [5, 5.41) is 2.81. The molecule has 2 nitrogen and oxygen atoms in total. The normalized spacial score (nSPS) is 33.3. The van der Waals surface area contributed by atoms with Crippen LogP contribution >= 0.6 is 0 Å². The van der Waals surface area contributed by atoms with Gasteiger partial charge in [0.2, 0.25) is 5.91 Å². The van der Waals surface area contributed by atoms with Crippen molar-refractivity contribution in [1.29, 1.82) is 0 Å². The second kappa shape index (κ2) is 4.12. The van der Waals surface area contributed by atoms with Crippen LogP contribution in [0.2, 0.25) is 0 Å². The topological polar surface area (TPSA) is 29.1 Å². The van der Waals surface area contributed by atoms with Crippen molar-refractivity contribution in [3.63, 3.8) is 0 Å². The highest BCUT2D eigenvalue weighted by molar-refractivity contribution is 5.82. The van der Waals surface area contributed by atoms with Crippen LogP contribution in [0, 0.1) is 11.3 Å². The second-order valence-electron chi connectivity index (χ2n) is 4.46. The van der Waals surface area contributed by atoms with Crippen molar-refractivity contribution in [3.8, 4) is 0 Å². The standard InChI is InChI=1S/C11H21NO/c1-4-6-11(10(13)12-3)7-5-9(2)8-11/h9H,4-8H2,1-3H3,(H,12,13). The van der Waals surface area contributed by atoms with Gasteiger partial charge in [0.1, 0.15) is 0 Å². The summed E-state index contributed by atoms with van der Waals surface area (Å²) in [5.41, 5.74) is -0.0249. The second-order valence-corrected chi connectivity index (χ2v) is 4.46. The molecule has 1 aliphatic rings. The predicted molar refractivity (Wildman–Crippen MR) is 54.4 cm³/mol. The molecule has 2 heteroatoms. The molecule has 0 radical (unpaired) electrons. The monoisotopic (exact) mass is 183 g/mol. The maximum absolute atomic E-state index is 11.8. The third-order valence-electron chi connectivity index (χ3n) is 3.29. The van der Waals surface area contributed by atoms with Crippen molar-refractivity contribution >= 4 is 5.91 Å². The average Bonchev–Trinajstić information content (AvgIpc) is 2.48. The minimum absolute atomic E-state index is 0.0249. The summed E-state index contributed by atoms with van der Waals surface area (Å²) in [7, 11) is 1.75. The molecule has 0 aromatic carbocycles. The fraction of sp³-hybridized carbons (Fsp3) is 0.909. The first kappa shape index (κ1) is 10.6. The largest absolute Gasteiger partial charge is 0.359 e. The van der Waals surface area contributed by atoms with Crippen LogP contribution in [0.1, 0.15) is 46.0 Å². The van der Waals surface area contributed by atoms with E-state index < -0.39 is 0 Å². The van der Waals surface area contributed by atoms with Crippen LogP contribution in [0.4, 0.5) is 0 Å². The minimum atomic E-state index is -0.0249. The van der Waals surface area contributed by atoms with E-state index >= 15 is 0 Å². The van der Waals surface area contributed by atoms with E-state index in [1.807, 2.05) is 0 Å². The fourth-order valence-corrected chi connectivity index (χ4v) is 2.68. The molecule has 0 heterocycles. The van der Waals surface area contributed by atoms with E-state index in [1.165, 1.54) is 6.42 Å². The summed E-state index contributed by atoms with van der Waals surface area (Å²) in [6.07, 6.45) is 5.55. The molecule has 0 aromatic heterocycles. The van der Waals surface area contributed by atoms with Crippen LogP contribution in [0.3, 0.4) is 0 Å². The Morgan fingerprint density at radius 2 is 2.31 bits per heavy atom. The summed E-state index contributed by atoms with van der Waals surface area (Å²) in [6.45, 7) is 4.41. The first-order chi connectivity index (χ1) is 6.14. The van der Waals surface area contributed by atoms with Gasteiger partial charge >= 0.3 is 0 Å². The molecular weight excluding hydrogens is 162 g/mol. The van der Waals surface area contributed by atoms with Gasteiger partial charge in [-0.15, -0.1) is 0 Å². The van der Waals surface area contributed by atoms with Gasteiger partial charge in [-0.1, -0.05) is 20.3 Å². The van der Waals surface area contributed by atoms with Crippen molar-refractivity contribution in [2.24, 2.45) is 11.3 Å². The summed E-state index contributed by atoms with van der Waals surface area (Å²) in [4.78, 5) is 11.8. The highest BCUT2D eigenvalue weighted by Gasteiger charge is 2.42. The lowest BCUT2D eigenvalue weighted by Gasteiger charge is -2.26. The molecule has 1 N–H and O–H groups in total. The number of carbonyl (C=O) groups is 1. The molecule has 1 saturated carbocycles. The summed E-state index contributed by atoms with van der Waals surface area (Å²) < 4.78 is 0. The quantitative estimate of drug-likeness (QED) is 0.715. The Labute approximate surface area is 81.1 Å². The molecule has 1 amide bonds. The molecule has 1 rings (SSSR count). The molecule has 1 fully saturated rings. The van der Waals surface area contributed by atoms with Crippen molar-refractivity contribution in [2.75, 3.05) is 7.05 Å². The van der Waals surface area contributed by atoms with E-state index in [2.05, 4.69) is 19.2 Å². The highest BCUT2D eigenvalue weighted by atomic mass is 16.2. The lowest BCUT2D eigenvalue weighted by Crippen LogP contribution is -2.37. The first-order valence-electron chi connectivity index (χ1n) is 5.37. The third kappa shape index (κ3) is 2.04. The number of nitrogens with one attached hydrogen (secondary N) is 1. The van der Waals surface area contributed by atoms with Crippen LogP contribution in [-0.2, 0) is 4.79 Å². The van der Waals surface area contributed by atoms with Crippen LogP contribution in [0.15, 0.2) is 0 Å².